The van der Waals surface area contributed by atoms with Gasteiger partial charge < -0.3 is 14.6 Å². The average Bonchev–Trinajstić information content (AvgIpc) is 2.77. The second-order valence-corrected chi connectivity index (χ2v) is 5.02. The summed E-state index contributed by atoms with van der Waals surface area (Å²) in [5, 5.41) is 10.8. The van der Waals surface area contributed by atoms with Crippen molar-refractivity contribution in [2.45, 2.75) is 38.9 Å². The highest BCUT2D eigenvalue weighted by molar-refractivity contribution is 6.30. The number of aliphatic hydroxyl groups is 1. The molecule has 0 aliphatic carbocycles. The van der Waals surface area contributed by atoms with Crippen molar-refractivity contribution in [1.29, 1.82) is 0 Å². The van der Waals surface area contributed by atoms with Crippen LogP contribution < -0.4 is 4.74 Å². The van der Waals surface area contributed by atoms with Gasteiger partial charge in [0.05, 0.1) is 18.8 Å². The number of benzene rings is 1. The molecule has 18 heavy (non-hydrogen) atoms. The lowest BCUT2D eigenvalue weighted by molar-refractivity contribution is -0.0209. The van der Waals surface area contributed by atoms with E-state index in [0.29, 0.717) is 24.7 Å². The van der Waals surface area contributed by atoms with E-state index in [1.807, 2.05) is 26.0 Å². The summed E-state index contributed by atoms with van der Waals surface area (Å²) in [6, 6.07) is 3.80. The molecule has 0 radical (unpaired) electrons. The van der Waals surface area contributed by atoms with Crippen LogP contribution in [0.5, 0.6) is 5.75 Å². The molecule has 0 saturated carbocycles. The fourth-order valence-corrected chi connectivity index (χ4v) is 2.53. The minimum Gasteiger partial charge on any atom is -0.493 e. The van der Waals surface area contributed by atoms with Gasteiger partial charge in [0.15, 0.2) is 0 Å². The van der Waals surface area contributed by atoms with Crippen LogP contribution in [0.25, 0.3) is 0 Å². The Hall–Kier alpha value is -0.770. The van der Waals surface area contributed by atoms with Gasteiger partial charge in [-0.05, 0) is 37.1 Å². The van der Waals surface area contributed by atoms with Gasteiger partial charge in [-0.1, -0.05) is 11.6 Å². The number of hydrogen-bond acceptors (Lipinski definition) is 3. The molecule has 0 fully saturated rings. The normalized spacial score (nSPS) is 17.1. The Morgan fingerprint density at radius 2 is 2.28 bits per heavy atom. The van der Waals surface area contributed by atoms with Gasteiger partial charge in [0.2, 0.25) is 0 Å². The molecule has 0 amide bonds. The molecule has 1 N–H and O–H groups in total. The molecule has 2 unspecified atom stereocenters. The maximum atomic E-state index is 10.1. The average molecular weight is 271 g/mol. The van der Waals surface area contributed by atoms with Crippen molar-refractivity contribution in [2.24, 2.45) is 0 Å². The summed E-state index contributed by atoms with van der Waals surface area (Å²) in [6.07, 6.45) is 0.659. The van der Waals surface area contributed by atoms with Gasteiger partial charge in [-0.2, -0.15) is 0 Å². The van der Waals surface area contributed by atoms with E-state index in [1.165, 1.54) is 0 Å². The summed E-state index contributed by atoms with van der Waals surface area (Å²) >= 11 is 6.08. The Morgan fingerprint density at radius 1 is 1.50 bits per heavy atom. The van der Waals surface area contributed by atoms with E-state index in [4.69, 9.17) is 21.1 Å². The van der Waals surface area contributed by atoms with Gasteiger partial charge in [0, 0.05) is 24.5 Å². The minimum atomic E-state index is -0.545. The molecule has 1 aromatic carbocycles. The monoisotopic (exact) mass is 270 g/mol. The molecule has 4 heteroatoms. The number of fused-ring (bicyclic) bond motifs is 1. The molecule has 0 bridgehead atoms. The highest BCUT2D eigenvalue weighted by Gasteiger charge is 2.22. The molecule has 2 rings (SSSR count). The van der Waals surface area contributed by atoms with Crippen molar-refractivity contribution < 1.29 is 14.6 Å². The molecule has 1 aromatic rings. The third-order valence-electron chi connectivity index (χ3n) is 3.23. The Labute approximate surface area is 113 Å². The number of halogens is 1. The third-order valence-corrected chi connectivity index (χ3v) is 3.44. The van der Waals surface area contributed by atoms with Crippen LogP contribution in [0.4, 0.5) is 0 Å². The zero-order chi connectivity index (χ0) is 13.1. The molecule has 1 aliphatic rings. The van der Waals surface area contributed by atoms with E-state index in [1.54, 1.807) is 0 Å². The van der Waals surface area contributed by atoms with E-state index in [9.17, 15) is 5.11 Å². The smallest absolute Gasteiger partial charge is 0.126 e. The summed E-state index contributed by atoms with van der Waals surface area (Å²) in [6.45, 7) is 5.09. The number of ether oxygens (including phenoxy) is 2. The van der Waals surface area contributed by atoms with E-state index >= 15 is 0 Å². The molecule has 2 atom stereocenters. The lowest BCUT2D eigenvalue weighted by atomic mass is 10.0. The topological polar surface area (TPSA) is 38.7 Å². The molecule has 1 aliphatic heterocycles. The van der Waals surface area contributed by atoms with Gasteiger partial charge in [-0.25, -0.2) is 0 Å². The Morgan fingerprint density at radius 3 is 3.00 bits per heavy atom. The van der Waals surface area contributed by atoms with Crippen LogP contribution >= 0.6 is 11.6 Å². The van der Waals surface area contributed by atoms with E-state index in [-0.39, 0.29) is 6.10 Å². The second kappa shape index (κ2) is 5.91. The van der Waals surface area contributed by atoms with E-state index in [0.717, 1.165) is 23.3 Å². The fraction of sp³-hybridized carbons (Fsp3) is 0.571. The van der Waals surface area contributed by atoms with Crippen molar-refractivity contribution in [3.05, 3.63) is 28.3 Å². The first kappa shape index (κ1) is 13.7. The van der Waals surface area contributed by atoms with Crippen LogP contribution in [0.15, 0.2) is 12.1 Å². The first-order valence-corrected chi connectivity index (χ1v) is 6.73. The molecular formula is C14H19ClO3. The summed E-state index contributed by atoms with van der Waals surface area (Å²) < 4.78 is 11.0. The summed E-state index contributed by atoms with van der Waals surface area (Å²) in [4.78, 5) is 0. The Balaban J connectivity index is 2.14. The predicted molar refractivity (Wildman–Crippen MR) is 71.4 cm³/mol. The minimum absolute atomic E-state index is 0.189. The first-order chi connectivity index (χ1) is 8.61. The van der Waals surface area contributed by atoms with Gasteiger partial charge >= 0.3 is 0 Å². The van der Waals surface area contributed by atoms with Crippen molar-refractivity contribution in [1.82, 2.24) is 0 Å². The number of rotatable bonds is 5. The first-order valence-electron chi connectivity index (χ1n) is 6.35. The molecule has 3 nitrogen and oxygen atoms in total. The SMILES string of the molecule is CCOC(C)C(O)Cc1cc(Cl)cc2c1OCC2. The molecule has 0 aromatic heterocycles. The van der Waals surface area contributed by atoms with Crippen molar-refractivity contribution >= 4 is 11.6 Å². The Bertz CT molecular complexity index is 420. The highest BCUT2D eigenvalue weighted by Crippen LogP contribution is 2.33. The van der Waals surface area contributed by atoms with Crippen molar-refractivity contribution in [3.8, 4) is 5.75 Å². The van der Waals surface area contributed by atoms with Crippen LogP contribution in [0.2, 0.25) is 5.02 Å². The van der Waals surface area contributed by atoms with Crippen molar-refractivity contribution in [3.63, 3.8) is 0 Å². The number of aliphatic hydroxyl groups excluding tert-OH is 1. The van der Waals surface area contributed by atoms with Crippen LogP contribution in [0.3, 0.4) is 0 Å². The van der Waals surface area contributed by atoms with Gasteiger partial charge in [0.1, 0.15) is 5.75 Å². The molecule has 1 heterocycles. The summed E-state index contributed by atoms with van der Waals surface area (Å²) in [5.41, 5.74) is 2.10. The zero-order valence-corrected chi connectivity index (χ0v) is 11.5. The van der Waals surface area contributed by atoms with Gasteiger partial charge in [-0.15, -0.1) is 0 Å². The maximum absolute atomic E-state index is 10.1. The Kier molecular flexibility index (Phi) is 4.49. The van der Waals surface area contributed by atoms with Crippen LogP contribution in [-0.4, -0.2) is 30.5 Å². The van der Waals surface area contributed by atoms with Crippen LogP contribution in [-0.2, 0) is 17.6 Å². The third kappa shape index (κ3) is 2.97. The van der Waals surface area contributed by atoms with Crippen LogP contribution in [0, 0.1) is 0 Å². The zero-order valence-electron chi connectivity index (χ0n) is 10.8. The highest BCUT2D eigenvalue weighted by atomic mass is 35.5. The largest absolute Gasteiger partial charge is 0.493 e. The lowest BCUT2D eigenvalue weighted by Crippen LogP contribution is -2.28. The van der Waals surface area contributed by atoms with E-state index < -0.39 is 6.10 Å². The maximum Gasteiger partial charge on any atom is 0.126 e. The predicted octanol–water partition coefficient (Wildman–Crippen LogP) is 2.60. The van der Waals surface area contributed by atoms with Crippen molar-refractivity contribution in [2.75, 3.05) is 13.2 Å². The molecule has 0 spiro atoms. The lowest BCUT2D eigenvalue weighted by Gasteiger charge is -2.20. The molecule has 0 saturated heterocycles. The van der Waals surface area contributed by atoms with Gasteiger partial charge in [0.25, 0.3) is 0 Å². The number of hydrogen-bond donors (Lipinski definition) is 1. The van der Waals surface area contributed by atoms with Crippen LogP contribution in [0.1, 0.15) is 25.0 Å². The summed E-state index contributed by atoms with van der Waals surface area (Å²) in [5.74, 6) is 0.891. The quantitative estimate of drug-likeness (QED) is 0.894. The van der Waals surface area contributed by atoms with Gasteiger partial charge in [-0.3, -0.25) is 0 Å². The van der Waals surface area contributed by atoms with E-state index in [2.05, 4.69) is 0 Å². The molecule has 100 valence electrons. The standard InChI is InChI=1S/C14H19ClO3/c1-3-17-9(2)13(16)8-11-7-12(15)6-10-4-5-18-14(10)11/h6-7,9,13,16H,3-5,8H2,1-2H3. The fourth-order valence-electron chi connectivity index (χ4n) is 2.26. The molecular weight excluding hydrogens is 252 g/mol. The second-order valence-electron chi connectivity index (χ2n) is 4.58. The summed E-state index contributed by atoms with van der Waals surface area (Å²) in [7, 11) is 0.